The van der Waals surface area contributed by atoms with Crippen molar-refractivity contribution < 1.29 is 14.0 Å². The molecule has 3 N–H and O–H groups in total. The topological polar surface area (TPSA) is 88.1 Å². The molecule has 2 amide bonds. The number of anilines is 2. The van der Waals surface area contributed by atoms with Gasteiger partial charge in [-0.25, -0.2) is 4.39 Å². The molecule has 0 saturated heterocycles. The largest absolute Gasteiger partial charge is 0.324 e. The van der Waals surface area contributed by atoms with Crippen LogP contribution in [0.4, 0.5) is 15.8 Å². The Labute approximate surface area is 150 Å². The van der Waals surface area contributed by atoms with Gasteiger partial charge in [-0.2, -0.15) is 5.10 Å². The van der Waals surface area contributed by atoms with Crippen LogP contribution in [0.25, 0.3) is 0 Å². The first-order chi connectivity index (χ1) is 12.6. The quantitative estimate of drug-likeness (QED) is 0.775. The number of aromatic nitrogens is 2. The Hall–Kier alpha value is -2.74. The van der Waals surface area contributed by atoms with E-state index in [4.69, 9.17) is 0 Å². The summed E-state index contributed by atoms with van der Waals surface area (Å²) in [5.74, 6) is -0.789. The molecule has 2 aliphatic heterocycles. The molecule has 2 aliphatic rings. The number of nitrogens with one attached hydrogen (secondary N) is 3. The molecule has 0 unspecified atom stereocenters. The fourth-order valence-electron chi connectivity index (χ4n) is 3.39. The highest BCUT2D eigenvalue weighted by atomic mass is 19.1. The minimum atomic E-state index is -0.426. The van der Waals surface area contributed by atoms with E-state index < -0.39 is 5.82 Å². The lowest BCUT2D eigenvalue weighted by Gasteiger charge is -2.20. The summed E-state index contributed by atoms with van der Waals surface area (Å²) >= 11 is 0. The van der Waals surface area contributed by atoms with Gasteiger partial charge in [-0.05, 0) is 30.2 Å². The molecule has 0 atom stereocenters. The van der Waals surface area contributed by atoms with Gasteiger partial charge in [0.2, 0.25) is 11.8 Å². The van der Waals surface area contributed by atoms with E-state index in [-0.39, 0.29) is 18.2 Å². The molecule has 8 heteroatoms. The smallest absolute Gasteiger partial charge is 0.224 e. The number of aryl methyl sites for hydroxylation is 2. The normalized spacial score (nSPS) is 15.8. The van der Waals surface area contributed by atoms with E-state index in [1.807, 2.05) is 10.7 Å². The van der Waals surface area contributed by atoms with Crippen LogP contribution < -0.4 is 16.0 Å². The van der Waals surface area contributed by atoms with Crippen LogP contribution in [0.1, 0.15) is 29.8 Å². The van der Waals surface area contributed by atoms with Gasteiger partial charge in [0.05, 0.1) is 29.3 Å². The average molecular weight is 357 g/mol. The Morgan fingerprint density at radius 1 is 1.31 bits per heavy atom. The number of halogens is 1. The van der Waals surface area contributed by atoms with Crippen LogP contribution >= 0.6 is 0 Å². The standard InChI is InChI=1S/C18H20FN5O2/c19-12-7-11-1-3-17(26)22-18(11)15(8-12)21-16(25)4-2-13-9-14-10-20-5-6-24(14)23-13/h7-9,20H,1-6,10H2,(H,21,25)(H,22,26). The van der Waals surface area contributed by atoms with Gasteiger partial charge in [-0.1, -0.05) is 0 Å². The monoisotopic (exact) mass is 357 g/mol. The Morgan fingerprint density at radius 3 is 3.04 bits per heavy atom. The second kappa shape index (κ2) is 6.87. The van der Waals surface area contributed by atoms with Crippen molar-refractivity contribution in [3.8, 4) is 0 Å². The van der Waals surface area contributed by atoms with Crippen molar-refractivity contribution in [2.45, 2.75) is 38.8 Å². The van der Waals surface area contributed by atoms with Crippen molar-refractivity contribution in [1.82, 2.24) is 15.1 Å². The number of carbonyl (C=O) groups excluding carboxylic acids is 2. The second-order valence-electron chi connectivity index (χ2n) is 6.61. The number of rotatable bonds is 4. The van der Waals surface area contributed by atoms with Gasteiger partial charge in [0, 0.05) is 32.4 Å². The van der Waals surface area contributed by atoms with Gasteiger partial charge >= 0.3 is 0 Å². The lowest BCUT2D eigenvalue weighted by atomic mass is 10.0. The van der Waals surface area contributed by atoms with Gasteiger partial charge in [0.25, 0.3) is 0 Å². The lowest BCUT2D eigenvalue weighted by Crippen LogP contribution is -2.28. The first-order valence-electron chi connectivity index (χ1n) is 8.77. The molecule has 136 valence electrons. The van der Waals surface area contributed by atoms with E-state index in [1.165, 1.54) is 12.1 Å². The Bertz CT molecular complexity index is 853. The molecular formula is C18H20FN5O2. The van der Waals surface area contributed by atoms with E-state index in [1.54, 1.807) is 0 Å². The van der Waals surface area contributed by atoms with E-state index in [0.717, 1.165) is 31.0 Å². The Balaban J connectivity index is 1.43. The second-order valence-corrected chi connectivity index (χ2v) is 6.61. The van der Waals surface area contributed by atoms with E-state index >= 15 is 0 Å². The predicted octanol–water partition coefficient (Wildman–Crippen LogP) is 1.58. The molecule has 7 nitrogen and oxygen atoms in total. The third-order valence-corrected chi connectivity index (χ3v) is 4.67. The van der Waals surface area contributed by atoms with Crippen molar-refractivity contribution >= 4 is 23.2 Å². The summed E-state index contributed by atoms with van der Waals surface area (Å²) in [5, 5.41) is 13.2. The molecule has 0 radical (unpaired) electrons. The summed E-state index contributed by atoms with van der Waals surface area (Å²) in [5.41, 5.74) is 3.50. The van der Waals surface area contributed by atoms with Gasteiger partial charge in [0.15, 0.2) is 0 Å². The zero-order valence-corrected chi connectivity index (χ0v) is 14.3. The number of carbonyl (C=O) groups is 2. The lowest BCUT2D eigenvalue weighted by molar-refractivity contribution is -0.117. The fraction of sp³-hybridized carbons (Fsp3) is 0.389. The Morgan fingerprint density at radius 2 is 2.19 bits per heavy atom. The van der Waals surface area contributed by atoms with E-state index in [0.29, 0.717) is 36.2 Å². The van der Waals surface area contributed by atoms with Crippen molar-refractivity contribution in [2.24, 2.45) is 0 Å². The van der Waals surface area contributed by atoms with Crippen molar-refractivity contribution in [1.29, 1.82) is 0 Å². The minimum Gasteiger partial charge on any atom is -0.324 e. The molecule has 0 saturated carbocycles. The molecule has 1 aromatic carbocycles. The van der Waals surface area contributed by atoms with Crippen LogP contribution in [-0.4, -0.2) is 28.1 Å². The molecule has 0 spiro atoms. The number of hydrogen-bond donors (Lipinski definition) is 3. The molecular weight excluding hydrogens is 337 g/mol. The maximum Gasteiger partial charge on any atom is 0.224 e. The summed E-state index contributed by atoms with van der Waals surface area (Å²) in [6.45, 7) is 2.51. The number of benzene rings is 1. The third-order valence-electron chi connectivity index (χ3n) is 4.67. The first kappa shape index (κ1) is 16.7. The van der Waals surface area contributed by atoms with Crippen LogP contribution in [0, 0.1) is 5.82 Å². The third kappa shape index (κ3) is 3.45. The molecule has 4 rings (SSSR count). The summed E-state index contributed by atoms with van der Waals surface area (Å²) in [6.07, 6.45) is 1.54. The number of nitrogens with zero attached hydrogens (tertiary/aromatic N) is 2. The Kier molecular flexibility index (Phi) is 4.42. The highest BCUT2D eigenvalue weighted by Gasteiger charge is 2.20. The maximum absolute atomic E-state index is 13.8. The first-order valence-corrected chi connectivity index (χ1v) is 8.77. The molecule has 3 heterocycles. The predicted molar refractivity (Wildman–Crippen MR) is 94.2 cm³/mol. The van der Waals surface area contributed by atoms with Gasteiger partial charge in [-0.3, -0.25) is 14.3 Å². The minimum absolute atomic E-state index is 0.128. The molecule has 1 aromatic heterocycles. The SMILES string of the molecule is O=C(CCc1cc2n(n1)CCNC2)Nc1cc(F)cc2c1NC(=O)CC2. The maximum atomic E-state index is 13.8. The molecule has 2 aromatic rings. The van der Waals surface area contributed by atoms with Crippen LogP contribution in [0.15, 0.2) is 18.2 Å². The van der Waals surface area contributed by atoms with Crippen LogP contribution in [0.2, 0.25) is 0 Å². The zero-order valence-electron chi connectivity index (χ0n) is 14.3. The van der Waals surface area contributed by atoms with Crippen molar-refractivity contribution in [3.05, 3.63) is 41.0 Å². The van der Waals surface area contributed by atoms with Crippen LogP contribution in [0.3, 0.4) is 0 Å². The number of fused-ring (bicyclic) bond motifs is 2. The van der Waals surface area contributed by atoms with Gasteiger partial charge < -0.3 is 16.0 Å². The van der Waals surface area contributed by atoms with Crippen LogP contribution in [-0.2, 0) is 35.5 Å². The van der Waals surface area contributed by atoms with E-state index in [2.05, 4.69) is 21.0 Å². The number of hydrogen-bond acceptors (Lipinski definition) is 4. The number of amides is 2. The van der Waals surface area contributed by atoms with Crippen molar-refractivity contribution in [2.75, 3.05) is 17.2 Å². The fourth-order valence-corrected chi connectivity index (χ4v) is 3.39. The summed E-state index contributed by atoms with van der Waals surface area (Å²) < 4.78 is 15.8. The van der Waals surface area contributed by atoms with Gasteiger partial charge in [0.1, 0.15) is 5.82 Å². The summed E-state index contributed by atoms with van der Waals surface area (Å²) in [6, 6.07) is 4.64. The average Bonchev–Trinajstić information content (AvgIpc) is 3.03. The molecule has 0 fully saturated rings. The van der Waals surface area contributed by atoms with Gasteiger partial charge in [-0.15, -0.1) is 0 Å². The highest BCUT2D eigenvalue weighted by Crippen LogP contribution is 2.32. The highest BCUT2D eigenvalue weighted by molar-refractivity contribution is 6.02. The zero-order chi connectivity index (χ0) is 18.1. The summed E-state index contributed by atoms with van der Waals surface area (Å²) in [4.78, 5) is 23.9. The summed E-state index contributed by atoms with van der Waals surface area (Å²) in [7, 11) is 0. The van der Waals surface area contributed by atoms with Crippen molar-refractivity contribution in [3.63, 3.8) is 0 Å². The molecule has 0 bridgehead atoms. The molecule has 0 aliphatic carbocycles. The van der Waals surface area contributed by atoms with E-state index in [9.17, 15) is 14.0 Å². The van der Waals surface area contributed by atoms with Crippen LogP contribution in [0.5, 0.6) is 0 Å². The molecule has 26 heavy (non-hydrogen) atoms.